The zero-order chi connectivity index (χ0) is 19.6. The number of ketones is 1. The first-order valence-corrected chi connectivity index (χ1v) is 9.01. The summed E-state index contributed by atoms with van der Waals surface area (Å²) in [5, 5.41) is 3.35. The molecule has 2 aromatic carbocycles. The Labute approximate surface area is 157 Å². The van der Waals surface area contributed by atoms with Crippen LogP contribution in [-0.2, 0) is 6.54 Å². The normalized spacial score (nSPS) is 16.9. The second-order valence-electron chi connectivity index (χ2n) is 7.46. The summed E-state index contributed by atoms with van der Waals surface area (Å²) in [6.07, 6.45) is 1.56. The maximum atomic E-state index is 13.6. The van der Waals surface area contributed by atoms with Crippen LogP contribution in [0.2, 0.25) is 0 Å². The Hall–Kier alpha value is -2.34. The molecule has 144 valence electrons. The lowest BCUT2D eigenvalue weighted by Crippen LogP contribution is -2.47. The van der Waals surface area contributed by atoms with Crippen LogP contribution in [0.5, 0.6) is 0 Å². The molecule has 1 saturated heterocycles. The number of carbonyl (C=O) groups excluding carboxylic acids is 1. The van der Waals surface area contributed by atoms with Crippen molar-refractivity contribution in [3.05, 3.63) is 65.0 Å². The van der Waals surface area contributed by atoms with E-state index < -0.39 is 11.6 Å². The molecule has 3 nitrogen and oxygen atoms in total. The maximum absolute atomic E-state index is 13.6. The minimum atomic E-state index is -0.842. The minimum Gasteiger partial charge on any atom is -0.379 e. The third kappa shape index (κ3) is 4.69. The van der Waals surface area contributed by atoms with Crippen LogP contribution in [0, 0.1) is 17.5 Å². The van der Waals surface area contributed by atoms with E-state index in [4.69, 9.17) is 0 Å². The van der Waals surface area contributed by atoms with E-state index in [9.17, 15) is 18.0 Å². The highest BCUT2D eigenvalue weighted by molar-refractivity contribution is 5.99. The van der Waals surface area contributed by atoms with Crippen molar-refractivity contribution in [3.63, 3.8) is 0 Å². The van der Waals surface area contributed by atoms with Gasteiger partial charge in [-0.25, -0.2) is 13.2 Å². The number of hydrogen-bond donors (Lipinski definition) is 1. The molecule has 1 aliphatic heterocycles. The SMILES string of the molecule is CC(=O)c1ccc(F)cc1NC1(C)CCN(Cc2ccc(F)c(F)c2)CC1. The second kappa shape index (κ2) is 7.72. The number of hydrogen-bond acceptors (Lipinski definition) is 3. The van der Waals surface area contributed by atoms with Crippen molar-refractivity contribution in [1.82, 2.24) is 4.90 Å². The molecule has 0 unspecified atom stereocenters. The van der Waals surface area contributed by atoms with Crippen molar-refractivity contribution in [2.75, 3.05) is 18.4 Å². The summed E-state index contributed by atoms with van der Waals surface area (Å²) in [4.78, 5) is 14.0. The van der Waals surface area contributed by atoms with Gasteiger partial charge in [0, 0.05) is 36.4 Å². The number of nitrogens with one attached hydrogen (secondary N) is 1. The van der Waals surface area contributed by atoms with Crippen molar-refractivity contribution in [2.45, 2.75) is 38.8 Å². The lowest BCUT2D eigenvalue weighted by Gasteiger charge is -2.41. The number of benzene rings is 2. The fourth-order valence-electron chi connectivity index (χ4n) is 3.48. The molecule has 0 aromatic heterocycles. The average Bonchev–Trinajstić information content (AvgIpc) is 2.60. The summed E-state index contributed by atoms with van der Waals surface area (Å²) in [6, 6.07) is 8.11. The highest BCUT2D eigenvalue weighted by Crippen LogP contribution is 2.30. The number of halogens is 3. The fraction of sp³-hybridized carbons (Fsp3) is 0.381. The Morgan fingerprint density at radius 3 is 2.41 bits per heavy atom. The molecule has 0 aliphatic carbocycles. The Kier molecular flexibility index (Phi) is 5.56. The van der Waals surface area contributed by atoms with E-state index in [1.807, 2.05) is 0 Å². The van der Waals surface area contributed by atoms with Gasteiger partial charge in [0.2, 0.25) is 0 Å². The maximum Gasteiger partial charge on any atom is 0.161 e. The predicted molar refractivity (Wildman–Crippen MR) is 99.3 cm³/mol. The van der Waals surface area contributed by atoms with Crippen LogP contribution in [0.25, 0.3) is 0 Å². The van der Waals surface area contributed by atoms with Gasteiger partial charge in [0.15, 0.2) is 17.4 Å². The van der Waals surface area contributed by atoms with E-state index in [1.165, 1.54) is 31.2 Å². The third-order valence-corrected chi connectivity index (χ3v) is 5.15. The van der Waals surface area contributed by atoms with Crippen LogP contribution >= 0.6 is 0 Å². The summed E-state index contributed by atoms with van der Waals surface area (Å²) in [5.74, 6) is -2.18. The Balaban J connectivity index is 1.65. The van der Waals surface area contributed by atoms with Gasteiger partial charge in [0.05, 0.1) is 0 Å². The van der Waals surface area contributed by atoms with Gasteiger partial charge in [0.1, 0.15) is 5.82 Å². The summed E-state index contributed by atoms with van der Waals surface area (Å²) < 4.78 is 40.1. The molecule has 1 heterocycles. The minimum absolute atomic E-state index is 0.114. The molecule has 3 rings (SSSR count). The standard InChI is InChI=1S/C21H23F3N2O/c1-14(27)17-5-4-16(22)12-20(17)25-21(2)7-9-26(10-8-21)13-15-3-6-18(23)19(24)11-15/h3-6,11-12,25H,7-10,13H2,1-2H3. The number of likely N-dealkylation sites (tertiary alicyclic amines) is 1. The van der Waals surface area contributed by atoms with Crippen LogP contribution in [0.1, 0.15) is 42.6 Å². The van der Waals surface area contributed by atoms with Crippen LogP contribution in [0.4, 0.5) is 18.9 Å². The van der Waals surface area contributed by atoms with Crippen molar-refractivity contribution in [2.24, 2.45) is 0 Å². The third-order valence-electron chi connectivity index (χ3n) is 5.15. The lowest BCUT2D eigenvalue weighted by molar-refractivity contribution is 0.101. The molecule has 2 aromatic rings. The molecule has 1 fully saturated rings. The second-order valence-corrected chi connectivity index (χ2v) is 7.46. The number of carbonyl (C=O) groups is 1. The number of rotatable bonds is 5. The highest BCUT2D eigenvalue weighted by Gasteiger charge is 2.31. The highest BCUT2D eigenvalue weighted by atomic mass is 19.2. The molecular weight excluding hydrogens is 353 g/mol. The predicted octanol–water partition coefficient (Wildman–Crippen LogP) is 4.77. The van der Waals surface area contributed by atoms with Gasteiger partial charge in [0.25, 0.3) is 0 Å². The van der Waals surface area contributed by atoms with Gasteiger partial charge >= 0.3 is 0 Å². The van der Waals surface area contributed by atoms with Crippen molar-refractivity contribution >= 4 is 11.5 Å². The first-order valence-electron chi connectivity index (χ1n) is 9.01. The molecule has 0 radical (unpaired) electrons. The zero-order valence-electron chi connectivity index (χ0n) is 15.5. The van der Waals surface area contributed by atoms with Crippen LogP contribution in [0.3, 0.4) is 0 Å². The fourth-order valence-corrected chi connectivity index (χ4v) is 3.48. The van der Waals surface area contributed by atoms with Crippen LogP contribution in [-0.4, -0.2) is 29.3 Å². The van der Waals surface area contributed by atoms with Crippen molar-refractivity contribution in [3.8, 4) is 0 Å². The van der Waals surface area contributed by atoms with E-state index in [0.717, 1.165) is 37.6 Å². The van der Waals surface area contributed by atoms with Crippen molar-refractivity contribution < 1.29 is 18.0 Å². The van der Waals surface area contributed by atoms with E-state index in [1.54, 1.807) is 6.07 Å². The number of nitrogens with zero attached hydrogens (tertiary/aromatic N) is 1. The van der Waals surface area contributed by atoms with E-state index >= 15 is 0 Å². The van der Waals surface area contributed by atoms with Gasteiger partial charge in [-0.1, -0.05) is 6.07 Å². The Morgan fingerprint density at radius 2 is 1.78 bits per heavy atom. The average molecular weight is 376 g/mol. The Bertz CT molecular complexity index is 845. The topological polar surface area (TPSA) is 32.3 Å². The first kappa shape index (κ1) is 19.4. The monoisotopic (exact) mass is 376 g/mol. The molecule has 0 spiro atoms. The molecule has 1 N–H and O–H groups in total. The molecule has 27 heavy (non-hydrogen) atoms. The quantitative estimate of drug-likeness (QED) is 0.763. The molecule has 0 atom stereocenters. The van der Waals surface area contributed by atoms with E-state index in [-0.39, 0.29) is 17.1 Å². The van der Waals surface area contributed by atoms with Gasteiger partial charge in [-0.15, -0.1) is 0 Å². The van der Waals surface area contributed by atoms with Crippen LogP contribution in [0.15, 0.2) is 36.4 Å². The smallest absolute Gasteiger partial charge is 0.161 e. The summed E-state index contributed by atoms with van der Waals surface area (Å²) in [6.45, 7) is 5.58. The summed E-state index contributed by atoms with van der Waals surface area (Å²) in [7, 11) is 0. The summed E-state index contributed by atoms with van der Waals surface area (Å²) >= 11 is 0. The van der Waals surface area contributed by atoms with Gasteiger partial charge in [-0.05, 0) is 62.6 Å². The largest absolute Gasteiger partial charge is 0.379 e. The lowest BCUT2D eigenvalue weighted by atomic mass is 9.88. The zero-order valence-corrected chi connectivity index (χ0v) is 15.5. The Morgan fingerprint density at radius 1 is 1.07 bits per heavy atom. The van der Waals surface area contributed by atoms with Crippen LogP contribution < -0.4 is 5.32 Å². The number of anilines is 1. The molecule has 0 saturated carbocycles. The summed E-state index contributed by atoms with van der Waals surface area (Å²) in [5.41, 5.74) is 1.44. The number of Topliss-reactive ketones (excluding diaryl/α,β-unsaturated/α-hetero) is 1. The van der Waals surface area contributed by atoms with Gasteiger partial charge < -0.3 is 5.32 Å². The van der Waals surface area contributed by atoms with Crippen molar-refractivity contribution in [1.29, 1.82) is 0 Å². The number of piperidine rings is 1. The van der Waals surface area contributed by atoms with Gasteiger partial charge in [-0.3, -0.25) is 9.69 Å². The van der Waals surface area contributed by atoms with E-state index in [0.29, 0.717) is 17.8 Å². The molecule has 6 heteroatoms. The molecular formula is C21H23F3N2O. The van der Waals surface area contributed by atoms with Gasteiger partial charge in [-0.2, -0.15) is 0 Å². The first-order chi connectivity index (χ1) is 12.8. The molecule has 1 aliphatic rings. The molecule has 0 bridgehead atoms. The van der Waals surface area contributed by atoms with E-state index in [2.05, 4.69) is 17.1 Å². The molecule has 0 amide bonds.